The number of benzene rings is 2. The predicted octanol–water partition coefficient (Wildman–Crippen LogP) is 2.59. The quantitative estimate of drug-likeness (QED) is 0.911. The molecular formula is C21H21N3O3. The largest absolute Gasteiger partial charge is 0.326 e. The fourth-order valence-electron chi connectivity index (χ4n) is 3.86. The second kappa shape index (κ2) is 6.87. The van der Waals surface area contributed by atoms with Crippen LogP contribution < -0.4 is 15.1 Å². The monoisotopic (exact) mass is 363 g/mol. The molecule has 1 unspecified atom stereocenters. The van der Waals surface area contributed by atoms with Gasteiger partial charge < -0.3 is 15.1 Å². The van der Waals surface area contributed by atoms with Crippen molar-refractivity contribution in [1.29, 1.82) is 0 Å². The van der Waals surface area contributed by atoms with Gasteiger partial charge in [0.2, 0.25) is 17.7 Å². The third-order valence-corrected chi connectivity index (χ3v) is 5.11. The number of anilines is 3. The van der Waals surface area contributed by atoms with E-state index in [0.717, 1.165) is 12.1 Å². The van der Waals surface area contributed by atoms with Gasteiger partial charge in [-0.15, -0.1) is 0 Å². The van der Waals surface area contributed by atoms with Crippen LogP contribution in [0.15, 0.2) is 48.5 Å². The minimum Gasteiger partial charge on any atom is -0.326 e. The second-order valence-corrected chi connectivity index (χ2v) is 7.01. The van der Waals surface area contributed by atoms with Crippen LogP contribution in [-0.4, -0.2) is 30.8 Å². The topological polar surface area (TPSA) is 69.7 Å². The summed E-state index contributed by atoms with van der Waals surface area (Å²) >= 11 is 0. The average molecular weight is 363 g/mol. The molecule has 2 aromatic rings. The van der Waals surface area contributed by atoms with Crippen molar-refractivity contribution in [2.24, 2.45) is 5.92 Å². The summed E-state index contributed by atoms with van der Waals surface area (Å²) in [4.78, 5) is 40.3. The van der Waals surface area contributed by atoms with Crippen LogP contribution >= 0.6 is 0 Å². The van der Waals surface area contributed by atoms with Gasteiger partial charge in [-0.05, 0) is 36.2 Å². The first-order chi connectivity index (χ1) is 13.0. The van der Waals surface area contributed by atoms with Crippen molar-refractivity contribution in [3.63, 3.8) is 0 Å². The lowest BCUT2D eigenvalue weighted by atomic mass is 10.1. The molecule has 0 radical (unpaired) electrons. The van der Waals surface area contributed by atoms with Crippen molar-refractivity contribution in [2.75, 3.05) is 28.2 Å². The molecule has 1 atom stereocenters. The summed E-state index contributed by atoms with van der Waals surface area (Å²) in [6.45, 7) is 2.47. The summed E-state index contributed by atoms with van der Waals surface area (Å²) < 4.78 is 0. The number of rotatable bonds is 3. The summed E-state index contributed by atoms with van der Waals surface area (Å²) in [5, 5.41) is 2.72. The van der Waals surface area contributed by atoms with Crippen LogP contribution in [0.5, 0.6) is 0 Å². The van der Waals surface area contributed by atoms with Gasteiger partial charge in [-0.25, -0.2) is 0 Å². The number of carbonyl (C=O) groups is 3. The molecule has 0 aromatic heterocycles. The highest BCUT2D eigenvalue weighted by atomic mass is 16.2. The molecule has 2 aliphatic heterocycles. The summed E-state index contributed by atoms with van der Waals surface area (Å²) in [6.07, 6.45) is 1.06. The van der Waals surface area contributed by atoms with E-state index in [4.69, 9.17) is 0 Å². The third-order valence-electron chi connectivity index (χ3n) is 5.11. The van der Waals surface area contributed by atoms with E-state index in [2.05, 4.69) is 5.32 Å². The fraction of sp³-hybridized carbons (Fsp3) is 0.286. The highest BCUT2D eigenvalue weighted by molar-refractivity contribution is 6.05. The van der Waals surface area contributed by atoms with Crippen molar-refractivity contribution in [3.8, 4) is 0 Å². The van der Waals surface area contributed by atoms with Crippen molar-refractivity contribution in [3.05, 3.63) is 54.1 Å². The maximum Gasteiger partial charge on any atom is 0.232 e. The Morgan fingerprint density at radius 3 is 2.74 bits per heavy atom. The van der Waals surface area contributed by atoms with E-state index < -0.39 is 0 Å². The Bertz CT molecular complexity index is 924. The van der Waals surface area contributed by atoms with Crippen molar-refractivity contribution in [1.82, 2.24) is 0 Å². The molecule has 0 spiro atoms. The smallest absolute Gasteiger partial charge is 0.232 e. The van der Waals surface area contributed by atoms with Gasteiger partial charge in [-0.3, -0.25) is 14.4 Å². The zero-order valence-corrected chi connectivity index (χ0v) is 15.1. The zero-order chi connectivity index (χ0) is 19.0. The van der Waals surface area contributed by atoms with Crippen molar-refractivity contribution >= 4 is 34.8 Å². The molecular weight excluding hydrogens is 342 g/mol. The molecule has 0 saturated carbocycles. The average Bonchev–Trinajstić information content (AvgIpc) is 3.24. The normalized spacial score (nSPS) is 18.6. The minimum atomic E-state index is -0.354. The molecule has 2 aromatic carbocycles. The number of carbonyl (C=O) groups excluding carboxylic acids is 3. The first kappa shape index (κ1) is 17.3. The van der Waals surface area contributed by atoms with Gasteiger partial charge >= 0.3 is 0 Å². The number of para-hydroxylation sites is 1. The Kier molecular flexibility index (Phi) is 4.39. The summed E-state index contributed by atoms with van der Waals surface area (Å²) in [5.41, 5.74) is 3.47. The Morgan fingerprint density at radius 2 is 1.93 bits per heavy atom. The van der Waals surface area contributed by atoms with Crippen LogP contribution in [0.25, 0.3) is 0 Å². The van der Waals surface area contributed by atoms with E-state index in [9.17, 15) is 14.4 Å². The van der Waals surface area contributed by atoms with Crippen molar-refractivity contribution < 1.29 is 14.4 Å². The Morgan fingerprint density at radius 1 is 1.11 bits per heavy atom. The van der Waals surface area contributed by atoms with Crippen LogP contribution in [0.2, 0.25) is 0 Å². The molecule has 3 amide bonds. The summed E-state index contributed by atoms with van der Waals surface area (Å²) in [7, 11) is 0. The van der Waals surface area contributed by atoms with E-state index in [1.165, 1.54) is 12.5 Å². The summed E-state index contributed by atoms with van der Waals surface area (Å²) in [5.74, 6) is -0.580. The molecule has 2 heterocycles. The SMILES string of the molecule is CC(=O)Nc1cccc(N2CC(C(=O)N3CCc4ccccc43)CC2=O)c1. The number of nitrogens with one attached hydrogen (secondary N) is 1. The molecule has 0 aliphatic carbocycles. The lowest BCUT2D eigenvalue weighted by Gasteiger charge is -2.22. The number of nitrogens with zero attached hydrogens (tertiary/aromatic N) is 2. The van der Waals surface area contributed by atoms with Crippen LogP contribution in [0.1, 0.15) is 18.9 Å². The van der Waals surface area contributed by atoms with E-state index in [1.807, 2.05) is 35.2 Å². The van der Waals surface area contributed by atoms with Gasteiger partial charge in [0.15, 0.2) is 0 Å². The van der Waals surface area contributed by atoms with Gasteiger partial charge in [-0.2, -0.15) is 0 Å². The van der Waals surface area contributed by atoms with Crippen LogP contribution in [-0.2, 0) is 20.8 Å². The van der Waals surface area contributed by atoms with E-state index in [1.54, 1.807) is 23.1 Å². The fourth-order valence-corrected chi connectivity index (χ4v) is 3.86. The number of fused-ring (bicyclic) bond motifs is 1. The van der Waals surface area contributed by atoms with Gasteiger partial charge in [0, 0.05) is 43.5 Å². The Hall–Kier alpha value is -3.15. The molecule has 0 bridgehead atoms. The Labute approximate surface area is 157 Å². The predicted molar refractivity (Wildman–Crippen MR) is 104 cm³/mol. The number of amides is 3. The maximum atomic E-state index is 13.0. The number of hydrogen-bond donors (Lipinski definition) is 1. The second-order valence-electron chi connectivity index (χ2n) is 7.01. The van der Waals surface area contributed by atoms with Gasteiger partial charge in [0.25, 0.3) is 0 Å². The molecule has 1 saturated heterocycles. The van der Waals surface area contributed by atoms with Crippen LogP contribution in [0.4, 0.5) is 17.1 Å². The van der Waals surface area contributed by atoms with E-state index in [-0.39, 0.29) is 30.1 Å². The first-order valence-corrected chi connectivity index (χ1v) is 9.10. The van der Waals surface area contributed by atoms with Gasteiger partial charge in [0.05, 0.1) is 5.92 Å². The zero-order valence-electron chi connectivity index (χ0n) is 15.1. The van der Waals surface area contributed by atoms with E-state index >= 15 is 0 Å². The first-order valence-electron chi connectivity index (χ1n) is 9.10. The lowest BCUT2D eigenvalue weighted by Crippen LogP contribution is -2.36. The molecule has 27 heavy (non-hydrogen) atoms. The number of hydrogen-bond acceptors (Lipinski definition) is 3. The third kappa shape index (κ3) is 3.30. The Balaban J connectivity index is 1.51. The molecule has 1 fully saturated rings. The van der Waals surface area contributed by atoms with Crippen molar-refractivity contribution in [2.45, 2.75) is 19.8 Å². The van der Waals surface area contributed by atoms with E-state index in [0.29, 0.717) is 24.5 Å². The maximum absolute atomic E-state index is 13.0. The lowest BCUT2D eigenvalue weighted by molar-refractivity contribution is -0.124. The highest BCUT2D eigenvalue weighted by Crippen LogP contribution is 2.33. The summed E-state index contributed by atoms with van der Waals surface area (Å²) in [6, 6.07) is 15.1. The van der Waals surface area contributed by atoms with Crippen LogP contribution in [0.3, 0.4) is 0 Å². The molecule has 138 valence electrons. The molecule has 6 nitrogen and oxygen atoms in total. The minimum absolute atomic E-state index is 0.00816. The van der Waals surface area contributed by atoms with Crippen LogP contribution in [0, 0.1) is 5.92 Å². The molecule has 2 aliphatic rings. The van der Waals surface area contributed by atoms with Gasteiger partial charge in [-0.1, -0.05) is 24.3 Å². The molecule has 1 N–H and O–H groups in total. The molecule has 4 rings (SSSR count). The molecule has 6 heteroatoms. The highest BCUT2D eigenvalue weighted by Gasteiger charge is 2.39. The standard InChI is InChI=1S/C21H21N3O3/c1-14(25)22-17-6-4-7-18(12-17)24-13-16(11-20(24)26)21(27)23-10-9-15-5-2-3-8-19(15)23/h2-8,12,16H,9-11,13H2,1H3,(H,22,25). The van der Waals surface area contributed by atoms with Gasteiger partial charge in [0.1, 0.15) is 0 Å².